The lowest BCUT2D eigenvalue weighted by atomic mass is 9.76. The first-order valence-electron chi connectivity index (χ1n) is 10.3. The standard InChI is InChI=1S/C28H34/c1-16-12-10-11-13-25(16)28(26-14-17(2)19(4)21(6)23(26)8)27-15-18(3)20(5)22(7)24(27)9/h10-15,28H,1-9H3. The Bertz CT molecular complexity index is 987. The van der Waals surface area contributed by atoms with Gasteiger partial charge < -0.3 is 0 Å². The minimum absolute atomic E-state index is 0.261. The van der Waals surface area contributed by atoms with Crippen LogP contribution in [0.2, 0.25) is 0 Å². The number of benzene rings is 3. The van der Waals surface area contributed by atoms with Crippen LogP contribution in [0.15, 0.2) is 36.4 Å². The van der Waals surface area contributed by atoms with Gasteiger partial charge in [-0.15, -0.1) is 0 Å². The van der Waals surface area contributed by atoms with Crippen LogP contribution in [0.25, 0.3) is 0 Å². The molecule has 0 heteroatoms. The Labute approximate surface area is 171 Å². The fourth-order valence-electron chi connectivity index (χ4n) is 4.50. The molecule has 28 heavy (non-hydrogen) atoms. The minimum Gasteiger partial charge on any atom is -0.0620 e. The van der Waals surface area contributed by atoms with Crippen LogP contribution in [0.5, 0.6) is 0 Å². The van der Waals surface area contributed by atoms with Crippen molar-refractivity contribution in [3.8, 4) is 0 Å². The fourth-order valence-corrected chi connectivity index (χ4v) is 4.50. The number of rotatable bonds is 3. The van der Waals surface area contributed by atoms with Gasteiger partial charge in [-0.25, -0.2) is 0 Å². The Kier molecular flexibility index (Phi) is 5.53. The van der Waals surface area contributed by atoms with Gasteiger partial charge >= 0.3 is 0 Å². The molecule has 0 nitrogen and oxygen atoms in total. The highest BCUT2D eigenvalue weighted by Crippen LogP contribution is 2.40. The Morgan fingerprint density at radius 2 is 0.857 bits per heavy atom. The van der Waals surface area contributed by atoms with Gasteiger partial charge in [0.05, 0.1) is 0 Å². The Morgan fingerprint density at radius 3 is 1.29 bits per heavy atom. The molecular formula is C28H34. The zero-order valence-electron chi connectivity index (χ0n) is 19.0. The molecule has 0 aliphatic carbocycles. The molecular weight excluding hydrogens is 336 g/mol. The Hall–Kier alpha value is -2.34. The predicted octanol–water partition coefficient (Wildman–Crippen LogP) is 7.64. The van der Waals surface area contributed by atoms with Crippen molar-refractivity contribution in [2.24, 2.45) is 0 Å². The van der Waals surface area contributed by atoms with Gasteiger partial charge in [-0.3, -0.25) is 0 Å². The lowest BCUT2D eigenvalue weighted by Gasteiger charge is -2.28. The Morgan fingerprint density at radius 1 is 0.429 bits per heavy atom. The summed E-state index contributed by atoms with van der Waals surface area (Å²) < 4.78 is 0. The highest BCUT2D eigenvalue weighted by Gasteiger charge is 2.25. The third-order valence-electron chi connectivity index (χ3n) is 7.16. The van der Waals surface area contributed by atoms with Crippen molar-refractivity contribution in [1.82, 2.24) is 0 Å². The van der Waals surface area contributed by atoms with Gasteiger partial charge in [0.2, 0.25) is 0 Å². The molecule has 0 fully saturated rings. The second-order valence-corrected chi connectivity index (χ2v) is 8.60. The molecule has 0 unspecified atom stereocenters. The summed E-state index contributed by atoms with van der Waals surface area (Å²) in [7, 11) is 0. The molecule has 0 heterocycles. The van der Waals surface area contributed by atoms with E-state index in [2.05, 4.69) is 98.7 Å². The van der Waals surface area contributed by atoms with Crippen LogP contribution in [-0.2, 0) is 0 Å². The lowest BCUT2D eigenvalue weighted by Crippen LogP contribution is -2.12. The van der Waals surface area contributed by atoms with E-state index < -0.39 is 0 Å². The topological polar surface area (TPSA) is 0 Å². The molecule has 3 aromatic rings. The van der Waals surface area contributed by atoms with E-state index in [1.54, 1.807) is 0 Å². The second kappa shape index (κ2) is 7.59. The van der Waals surface area contributed by atoms with Crippen LogP contribution in [0.4, 0.5) is 0 Å². The molecule has 0 bridgehead atoms. The van der Waals surface area contributed by atoms with Gasteiger partial charge in [-0.1, -0.05) is 36.4 Å². The van der Waals surface area contributed by atoms with Gasteiger partial charge in [0.25, 0.3) is 0 Å². The first kappa shape index (κ1) is 20.4. The SMILES string of the molecule is Cc1ccccc1C(c1cc(C)c(C)c(C)c1C)c1cc(C)c(C)c(C)c1C. The van der Waals surface area contributed by atoms with Crippen LogP contribution in [0.3, 0.4) is 0 Å². The molecule has 146 valence electrons. The Balaban J connectivity index is 2.42. The average molecular weight is 371 g/mol. The van der Waals surface area contributed by atoms with E-state index in [0.717, 1.165) is 0 Å². The third-order valence-corrected chi connectivity index (χ3v) is 7.16. The zero-order valence-corrected chi connectivity index (χ0v) is 19.0. The van der Waals surface area contributed by atoms with E-state index in [4.69, 9.17) is 0 Å². The van der Waals surface area contributed by atoms with E-state index in [0.29, 0.717) is 0 Å². The number of hydrogen-bond donors (Lipinski definition) is 0. The van der Waals surface area contributed by atoms with Crippen LogP contribution < -0.4 is 0 Å². The van der Waals surface area contributed by atoms with Crippen molar-refractivity contribution in [1.29, 1.82) is 0 Å². The largest absolute Gasteiger partial charge is 0.0620 e. The summed E-state index contributed by atoms with van der Waals surface area (Å²) in [4.78, 5) is 0. The summed E-state index contributed by atoms with van der Waals surface area (Å²) in [5.41, 5.74) is 17.0. The number of aryl methyl sites for hydroxylation is 3. The van der Waals surface area contributed by atoms with Gasteiger partial charge in [0.15, 0.2) is 0 Å². The lowest BCUT2D eigenvalue weighted by molar-refractivity contribution is 0.917. The molecule has 0 N–H and O–H groups in total. The normalized spacial score (nSPS) is 11.4. The maximum atomic E-state index is 2.43. The quantitative estimate of drug-likeness (QED) is 0.415. The molecule has 3 aromatic carbocycles. The summed E-state index contributed by atoms with van der Waals surface area (Å²) in [6, 6.07) is 13.7. The molecule has 0 atom stereocenters. The maximum absolute atomic E-state index is 2.43. The smallest absolute Gasteiger partial charge is 0.0348 e. The van der Waals surface area contributed by atoms with Crippen LogP contribution in [0.1, 0.15) is 72.7 Å². The van der Waals surface area contributed by atoms with Gasteiger partial charge in [-0.2, -0.15) is 0 Å². The van der Waals surface area contributed by atoms with Crippen molar-refractivity contribution in [3.05, 3.63) is 103 Å². The monoisotopic (exact) mass is 370 g/mol. The van der Waals surface area contributed by atoms with Crippen LogP contribution >= 0.6 is 0 Å². The molecule has 0 aliphatic rings. The van der Waals surface area contributed by atoms with Gasteiger partial charge in [-0.05, 0) is 129 Å². The highest BCUT2D eigenvalue weighted by atomic mass is 14.3. The highest BCUT2D eigenvalue weighted by molar-refractivity contribution is 5.57. The van der Waals surface area contributed by atoms with E-state index in [9.17, 15) is 0 Å². The van der Waals surface area contributed by atoms with Crippen molar-refractivity contribution >= 4 is 0 Å². The molecule has 0 spiro atoms. The van der Waals surface area contributed by atoms with E-state index in [1.165, 1.54) is 66.8 Å². The first-order valence-corrected chi connectivity index (χ1v) is 10.3. The van der Waals surface area contributed by atoms with Crippen molar-refractivity contribution in [2.45, 2.75) is 68.2 Å². The molecule has 0 aromatic heterocycles. The maximum Gasteiger partial charge on any atom is 0.0348 e. The first-order chi connectivity index (χ1) is 13.1. The minimum atomic E-state index is 0.261. The molecule has 3 rings (SSSR count). The second-order valence-electron chi connectivity index (χ2n) is 8.60. The van der Waals surface area contributed by atoms with E-state index >= 15 is 0 Å². The third kappa shape index (κ3) is 3.30. The summed E-state index contributed by atoms with van der Waals surface area (Å²) in [6.45, 7) is 20.4. The number of hydrogen-bond acceptors (Lipinski definition) is 0. The fraction of sp³-hybridized carbons (Fsp3) is 0.357. The van der Waals surface area contributed by atoms with Crippen molar-refractivity contribution in [3.63, 3.8) is 0 Å². The molecule has 0 saturated carbocycles. The summed E-state index contributed by atoms with van der Waals surface area (Å²) in [5, 5.41) is 0. The summed E-state index contributed by atoms with van der Waals surface area (Å²) in [6.07, 6.45) is 0. The average Bonchev–Trinajstić information content (AvgIpc) is 2.67. The molecule has 0 saturated heterocycles. The van der Waals surface area contributed by atoms with E-state index in [-0.39, 0.29) is 5.92 Å². The molecule has 0 amide bonds. The summed E-state index contributed by atoms with van der Waals surface area (Å²) >= 11 is 0. The zero-order chi connectivity index (χ0) is 20.7. The molecule has 0 radical (unpaired) electrons. The van der Waals surface area contributed by atoms with Crippen LogP contribution in [0, 0.1) is 62.3 Å². The van der Waals surface area contributed by atoms with Gasteiger partial charge in [0, 0.05) is 5.92 Å². The van der Waals surface area contributed by atoms with Gasteiger partial charge in [0.1, 0.15) is 0 Å². The summed E-state index contributed by atoms with van der Waals surface area (Å²) in [5.74, 6) is 0.261. The van der Waals surface area contributed by atoms with Crippen molar-refractivity contribution < 1.29 is 0 Å². The van der Waals surface area contributed by atoms with Crippen LogP contribution in [-0.4, -0.2) is 0 Å². The predicted molar refractivity (Wildman–Crippen MR) is 123 cm³/mol. The van der Waals surface area contributed by atoms with Crippen molar-refractivity contribution in [2.75, 3.05) is 0 Å². The molecule has 0 aliphatic heterocycles. The van der Waals surface area contributed by atoms with E-state index in [1.807, 2.05) is 0 Å².